The van der Waals surface area contributed by atoms with E-state index in [9.17, 15) is 4.79 Å². The fourth-order valence-electron chi connectivity index (χ4n) is 4.86. The highest BCUT2D eigenvalue weighted by Gasteiger charge is 2.50. The van der Waals surface area contributed by atoms with Gasteiger partial charge in [-0.05, 0) is 41.5 Å². The van der Waals surface area contributed by atoms with Crippen molar-refractivity contribution in [3.8, 4) is 11.5 Å². The molecule has 4 heterocycles. The zero-order valence-corrected chi connectivity index (χ0v) is 16.9. The van der Waals surface area contributed by atoms with Gasteiger partial charge in [0.2, 0.25) is 6.79 Å². The summed E-state index contributed by atoms with van der Waals surface area (Å²) in [5, 5.41) is 1.69. The van der Waals surface area contributed by atoms with Crippen LogP contribution in [0.15, 0.2) is 55.1 Å². The molecule has 3 aliphatic heterocycles. The van der Waals surface area contributed by atoms with E-state index in [1.807, 2.05) is 30.3 Å². The van der Waals surface area contributed by atoms with E-state index in [0.717, 1.165) is 27.9 Å². The lowest BCUT2D eigenvalue weighted by Crippen LogP contribution is -2.44. The van der Waals surface area contributed by atoms with Gasteiger partial charge < -0.3 is 19.4 Å². The Labute approximate surface area is 178 Å². The Bertz CT molecular complexity index is 1230. The summed E-state index contributed by atoms with van der Waals surface area (Å²) in [5.41, 5.74) is 4.32. The summed E-state index contributed by atoms with van der Waals surface area (Å²) < 4.78 is 11.1. The van der Waals surface area contributed by atoms with Crippen molar-refractivity contribution in [1.29, 1.82) is 0 Å². The van der Waals surface area contributed by atoms with E-state index in [4.69, 9.17) is 21.7 Å². The number of benzene rings is 2. The molecule has 1 N–H and O–H groups in total. The average Bonchev–Trinajstić information content (AvgIpc) is 3.44. The summed E-state index contributed by atoms with van der Waals surface area (Å²) in [4.78, 5) is 20.6. The first-order valence-corrected chi connectivity index (χ1v) is 10.3. The highest BCUT2D eigenvalue weighted by Crippen LogP contribution is 2.46. The van der Waals surface area contributed by atoms with Crippen LogP contribution in [0.3, 0.4) is 0 Å². The Morgan fingerprint density at radius 2 is 2.03 bits per heavy atom. The first-order valence-electron chi connectivity index (χ1n) is 9.91. The molecule has 150 valence electrons. The molecule has 3 aromatic rings. The molecule has 0 unspecified atom stereocenters. The zero-order valence-electron chi connectivity index (χ0n) is 16.1. The predicted octanol–water partition coefficient (Wildman–Crippen LogP) is 3.53. The lowest BCUT2D eigenvalue weighted by Gasteiger charge is -2.37. The van der Waals surface area contributed by atoms with Gasteiger partial charge in [0, 0.05) is 29.6 Å². The SMILES string of the molecule is C=CCN1C(=O)[C@H]2Cc3c([nH]c4ccccc34)[C@@H](c3ccc4c(c3)OCO4)N2C1=S. The minimum Gasteiger partial charge on any atom is -0.454 e. The van der Waals surface area contributed by atoms with Gasteiger partial charge in [0.05, 0.1) is 6.04 Å². The van der Waals surface area contributed by atoms with Gasteiger partial charge >= 0.3 is 0 Å². The summed E-state index contributed by atoms with van der Waals surface area (Å²) in [6, 6.07) is 13.6. The molecule has 0 bridgehead atoms. The maximum absolute atomic E-state index is 13.3. The molecule has 0 saturated carbocycles. The number of ether oxygens (including phenoxy) is 2. The van der Waals surface area contributed by atoms with Gasteiger partial charge in [0.25, 0.3) is 5.91 Å². The molecule has 1 fully saturated rings. The minimum atomic E-state index is -0.334. The van der Waals surface area contributed by atoms with Crippen molar-refractivity contribution in [2.45, 2.75) is 18.5 Å². The van der Waals surface area contributed by atoms with Crippen LogP contribution in [0.2, 0.25) is 0 Å². The van der Waals surface area contributed by atoms with Crippen molar-refractivity contribution in [3.63, 3.8) is 0 Å². The molecule has 1 saturated heterocycles. The van der Waals surface area contributed by atoms with Crippen LogP contribution in [0.25, 0.3) is 10.9 Å². The number of H-pyrrole nitrogens is 1. The molecule has 6 nitrogen and oxygen atoms in total. The lowest BCUT2D eigenvalue weighted by atomic mass is 9.89. The van der Waals surface area contributed by atoms with Crippen LogP contribution in [-0.4, -0.2) is 45.2 Å². The van der Waals surface area contributed by atoms with Crippen molar-refractivity contribution in [3.05, 3.63) is 71.9 Å². The third kappa shape index (κ3) is 2.29. The molecule has 1 aromatic heterocycles. The number of nitrogens with one attached hydrogen (secondary N) is 1. The normalized spacial score (nSPS) is 21.9. The van der Waals surface area contributed by atoms with Crippen LogP contribution in [0, 0.1) is 0 Å². The maximum Gasteiger partial charge on any atom is 0.252 e. The number of hydrogen-bond acceptors (Lipinski definition) is 4. The van der Waals surface area contributed by atoms with Crippen molar-refractivity contribution in [2.75, 3.05) is 13.3 Å². The first kappa shape index (κ1) is 17.5. The average molecular weight is 417 g/mol. The molecular weight excluding hydrogens is 398 g/mol. The standard InChI is InChI=1S/C23H19N3O3S/c1-2-9-25-22(27)17-11-15-14-5-3-4-6-16(14)24-20(15)21(26(17)23(25)30)13-7-8-18-19(10-13)29-12-28-18/h2-8,10,17,21,24H,1,9,11-12H2/t17-,21-/m1/s1. The van der Waals surface area contributed by atoms with Gasteiger partial charge in [0.15, 0.2) is 16.6 Å². The van der Waals surface area contributed by atoms with Crippen LogP contribution >= 0.6 is 12.2 Å². The summed E-state index contributed by atoms with van der Waals surface area (Å²) in [6.07, 6.45) is 2.33. The topological polar surface area (TPSA) is 57.8 Å². The second-order valence-electron chi connectivity index (χ2n) is 7.73. The van der Waals surface area contributed by atoms with E-state index >= 15 is 0 Å². The molecule has 0 spiro atoms. The van der Waals surface area contributed by atoms with E-state index in [-0.39, 0.29) is 24.8 Å². The summed E-state index contributed by atoms with van der Waals surface area (Å²) >= 11 is 5.78. The number of rotatable bonds is 3. The number of amides is 1. The fourth-order valence-corrected chi connectivity index (χ4v) is 5.25. The van der Waals surface area contributed by atoms with Crippen molar-refractivity contribution >= 4 is 34.1 Å². The minimum absolute atomic E-state index is 0.0292. The van der Waals surface area contributed by atoms with Crippen LogP contribution in [-0.2, 0) is 11.2 Å². The molecule has 6 rings (SSSR count). The summed E-state index contributed by atoms with van der Waals surface area (Å²) in [6.45, 7) is 4.42. The number of thiocarbonyl (C=S) groups is 1. The third-order valence-corrected chi connectivity index (χ3v) is 6.59. The van der Waals surface area contributed by atoms with Crippen molar-refractivity contribution < 1.29 is 14.3 Å². The Hall–Kier alpha value is -3.32. The molecule has 1 amide bonds. The number of fused-ring (bicyclic) bond motifs is 5. The number of nitrogens with zero attached hydrogens (tertiary/aromatic N) is 2. The number of aromatic nitrogens is 1. The van der Waals surface area contributed by atoms with Crippen LogP contribution in [0.4, 0.5) is 0 Å². The number of carbonyl (C=O) groups is 1. The highest BCUT2D eigenvalue weighted by atomic mass is 32.1. The zero-order chi connectivity index (χ0) is 20.4. The van der Waals surface area contributed by atoms with Crippen LogP contribution in [0.5, 0.6) is 11.5 Å². The van der Waals surface area contributed by atoms with Gasteiger partial charge in [-0.25, -0.2) is 0 Å². The maximum atomic E-state index is 13.3. The van der Waals surface area contributed by atoms with Gasteiger partial charge in [0.1, 0.15) is 6.04 Å². The first-order chi connectivity index (χ1) is 14.7. The largest absolute Gasteiger partial charge is 0.454 e. The molecule has 0 radical (unpaired) electrons. The summed E-state index contributed by atoms with van der Waals surface area (Å²) in [5.74, 6) is 1.48. The monoisotopic (exact) mass is 417 g/mol. The van der Waals surface area contributed by atoms with Crippen molar-refractivity contribution in [2.24, 2.45) is 0 Å². The van der Waals surface area contributed by atoms with Gasteiger partial charge in [-0.1, -0.05) is 30.3 Å². The number of hydrogen-bond donors (Lipinski definition) is 1. The molecule has 30 heavy (non-hydrogen) atoms. The predicted molar refractivity (Wildman–Crippen MR) is 117 cm³/mol. The van der Waals surface area contributed by atoms with E-state index in [1.165, 1.54) is 5.56 Å². The molecule has 3 aliphatic rings. The van der Waals surface area contributed by atoms with Gasteiger partial charge in [-0.2, -0.15) is 0 Å². The van der Waals surface area contributed by atoms with Crippen LogP contribution < -0.4 is 9.47 Å². The van der Waals surface area contributed by atoms with Gasteiger partial charge in [-0.3, -0.25) is 9.69 Å². The smallest absolute Gasteiger partial charge is 0.252 e. The third-order valence-electron chi connectivity index (χ3n) is 6.16. The molecule has 2 atom stereocenters. The molecule has 7 heteroatoms. The quantitative estimate of drug-likeness (QED) is 0.522. The Balaban J connectivity index is 1.57. The number of aromatic amines is 1. The molecular formula is C23H19N3O3S. The Morgan fingerprint density at radius 1 is 1.20 bits per heavy atom. The lowest BCUT2D eigenvalue weighted by molar-refractivity contribution is -0.128. The van der Waals surface area contributed by atoms with Gasteiger partial charge in [-0.15, -0.1) is 6.58 Å². The Kier molecular flexibility index (Phi) is 3.70. The molecule has 2 aromatic carbocycles. The molecule has 0 aliphatic carbocycles. The Morgan fingerprint density at radius 3 is 2.90 bits per heavy atom. The van der Waals surface area contributed by atoms with E-state index in [0.29, 0.717) is 23.8 Å². The second kappa shape index (κ2) is 6.34. The number of carbonyl (C=O) groups excluding carboxylic acids is 1. The van der Waals surface area contributed by atoms with Crippen LogP contribution in [0.1, 0.15) is 22.9 Å². The van der Waals surface area contributed by atoms with E-state index in [2.05, 4.69) is 28.6 Å². The summed E-state index contributed by atoms with van der Waals surface area (Å²) in [7, 11) is 0. The second-order valence-corrected chi connectivity index (χ2v) is 8.09. The number of para-hydroxylation sites is 1. The van der Waals surface area contributed by atoms with Crippen molar-refractivity contribution in [1.82, 2.24) is 14.8 Å². The highest BCUT2D eigenvalue weighted by molar-refractivity contribution is 7.80. The van der Waals surface area contributed by atoms with E-state index < -0.39 is 0 Å². The van der Waals surface area contributed by atoms with E-state index in [1.54, 1.807) is 11.0 Å². The fraction of sp³-hybridized carbons (Fsp3) is 0.217.